The predicted molar refractivity (Wildman–Crippen MR) is 111 cm³/mol. The molecule has 4 rings (SSSR count). The van der Waals surface area contributed by atoms with E-state index in [1.807, 2.05) is 30.0 Å². The van der Waals surface area contributed by atoms with E-state index in [1.54, 1.807) is 6.07 Å². The standard InChI is InChI=1S/C19H19Cl2N3S/c20-14-5-3-4-13(17(14)21)12-22-18-19(8-10-25-11-9-19)24-16-7-2-1-6-15(16)23-18/h1-7,24H,8-12H2,(H,22,23). The number of thioether (sulfide) groups is 1. The Morgan fingerprint density at radius 2 is 1.76 bits per heavy atom. The first-order valence-electron chi connectivity index (χ1n) is 8.38. The van der Waals surface area contributed by atoms with Gasteiger partial charge in [0.15, 0.2) is 0 Å². The van der Waals surface area contributed by atoms with Crippen LogP contribution in [0.15, 0.2) is 47.5 Å². The summed E-state index contributed by atoms with van der Waals surface area (Å²) < 4.78 is 0. The monoisotopic (exact) mass is 391 g/mol. The fourth-order valence-corrected chi connectivity index (χ4v) is 4.94. The Labute approximate surface area is 162 Å². The van der Waals surface area contributed by atoms with E-state index in [0.29, 0.717) is 16.6 Å². The Morgan fingerprint density at radius 1 is 1.00 bits per heavy atom. The highest BCUT2D eigenvalue weighted by Crippen LogP contribution is 2.39. The molecule has 1 spiro atoms. The first kappa shape index (κ1) is 17.1. The highest BCUT2D eigenvalue weighted by molar-refractivity contribution is 7.99. The number of rotatable bonds is 2. The third-order valence-corrected chi connectivity index (χ3v) is 6.64. The number of nitrogens with zero attached hydrogens (tertiary/aromatic N) is 1. The van der Waals surface area contributed by atoms with Crippen LogP contribution in [0.1, 0.15) is 18.4 Å². The summed E-state index contributed by atoms with van der Waals surface area (Å²) in [5, 5.41) is 8.48. The molecule has 1 saturated heterocycles. The van der Waals surface area contributed by atoms with E-state index in [4.69, 9.17) is 28.2 Å². The van der Waals surface area contributed by atoms with Crippen LogP contribution in [0.4, 0.5) is 11.4 Å². The van der Waals surface area contributed by atoms with E-state index in [-0.39, 0.29) is 5.54 Å². The summed E-state index contributed by atoms with van der Waals surface area (Å²) in [5.41, 5.74) is 3.05. The number of amidine groups is 1. The maximum absolute atomic E-state index is 6.33. The molecule has 0 aromatic heterocycles. The highest BCUT2D eigenvalue weighted by atomic mass is 35.5. The smallest absolute Gasteiger partial charge is 0.127 e. The van der Waals surface area contributed by atoms with Gasteiger partial charge in [0.25, 0.3) is 0 Å². The van der Waals surface area contributed by atoms with Crippen LogP contribution >= 0.6 is 35.0 Å². The number of halogens is 2. The zero-order valence-corrected chi connectivity index (χ0v) is 16.0. The van der Waals surface area contributed by atoms with Crippen molar-refractivity contribution < 1.29 is 0 Å². The van der Waals surface area contributed by atoms with Crippen molar-refractivity contribution in [2.75, 3.05) is 22.1 Å². The fourth-order valence-electron chi connectivity index (χ4n) is 3.37. The molecule has 0 bridgehead atoms. The predicted octanol–water partition coefficient (Wildman–Crippen LogP) is 5.70. The van der Waals surface area contributed by atoms with Crippen LogP contribution in [0.25, 0.3) is 0 Å². The molecule has 1 fully saturated rings. The van der Waals surface area contributed by atoms with Crippen molar-refractivity contribution >= 4 is 52.2 Å². The molecule has 2 aromatic carbocycles. The molecule has 2 aromatic rings. The first-order valence-corrected chi connectivity index (χ1v) is 10.3. The quantitative estimate of drug-likeness (QED) is 0.689. The van der Waals surface area contributed by atoms with Gasteiger partial charge in [-0.15, -0.1) is 0 Å². The fraction of sp³-hybridized carbons (Fsp3) is 0.316. The van der Waals surface area contributed by atoms with Gasteiger partial charge in [0, 0.05) is 0 Å². The Hall–Kier alpha value is -1.36. The molecular weight excluding hydrogens is 373 g/mol. The van der Waals surface area contributed by atoms with Crippen molar-refractivity contribution in [3.8, 4) is 0 Å². The van der Waals surface area contributed by atoms with Gasteiger partial charge in [-0.3, -0.25) is 4.99 Å². The summed E-state index contributed by atoms with van der Waals surface area (Å²) in [7, 11) is 0. The van der Waals surface area contributed by atoms with E-state index in [9.17, 15) is 0 Å². The number of nitrogens with one attached hydrogen (secondary N) is 2. The topological polar surface area (TPSA) is 36.4 Å². The van der Waals surface area contributed by atoms with Crippen molar-refractivity contribution in [2.24, 2.45) is 4.99 Å². The second kappa shape index (κ2) is 7.10. The van der Waals surface area contributed by atoms with E-state index in [2.05, 4.69) is 28.8 Å². The van der Waals surface area contributed by atoms with Crippen molar-refractivity contribution in [1.82, 2.24) is 0 Å². The lowest BCUT2D eigenvalue weighted by Gasteiger charge is -2.43. The molecule has 0 unspecified atom stereocenters. The normalized spacial score (nSPS) is 20.0. The molecule has 0 amide bonds. The van der Waals surface area contributed by atoms with Gasteiger partial charge < -0.3 is 10.6 Å². The lowest BCUT2D eigenvalue weighted by molar-refractivity contribution is 0.560. The summed E-state index contributed by atoms with van der Waals surface area (Å²) in [4.78, 5) is 4.92. The SMILES string of the molecule is Clc1cccc(CN=C2Nc3ccccc3NC23CCSCC3)c1Cl. The molecule has 2 aliphatic rings. The molecule has 2 heterocycles. The van der Waals surface area contributed by atoms with Crippen LogP contribution in [-0.4, -0.2) is 22.9 Å². The molecule has 25 heavy (non-hydrogen) atoms. The molecule has 2 aliphatic heterocycles. The number of hydrogen-bond acceptors (Lipinski definition) is 3. The van der Waals surface area contributed by atoms with Crippen molar-refractivity contribution in [3.63, 3.8) is 0 Å². The van der Waals surface area contributed by atoms with E-state index in [1.165, 1.54) is 0 Å². The molecule has 6 heteroatoms. The summed E-state index contributed by atoms with van der Waals surface area (Å²) in [5.74, 6) is 3.27. The number of hydrogen-bond donors (Lipinski definition) is 2. The van der Waals surface area contributed by atoms with Gasteiger partial charge in [0.05, 0.1) is 33.5 Å². The number of fused-ring (bicyclic) bond motifs is 1. The van der Waals surface area contributed by atoms with Crippen LogP contribution in [0.2, 0.25) is 10.0 Å². The molecule has 3 nitrogen and oxygen atoms in total. The van der Waals surface area contributed by atoms with E-state index >= 15 is 0 Å². The van der Waals surface area contributed by atoms with Gasteiger partial charge in [-0.25, -0.2) is 0 Å². The molecule has 0 saturated carbocycles. The Kier molecular flexibility index (Phi) is 4.85. The number of benzene rings is 2. The minimum atomic E-state index is -0.120. The summed E-state index contributed by atoms with van der Waals surface area (Å²) >= 11 is 14.5. The summed E-state index contributed by atoms with van der Waals surface area (Å²) in [6.45, 7) is 0.514. The average molecular weight is 392 g/mol. The van der Waals surface area contributed by atoms with Crippen LogP contribution in [0.5, 0.6) is 0 Å². The summed E-state index contributed by atoms with van der Waals surface area (Å²) in [6, 6.07) is 14.0. The van der Waals surface area contributed by atoms with E-state index in [0.717, 1.165) is 47.1 Å². The maximum atomic E-state index is 6.33. The molecule has 130 valence electrons. The van der Waals surface area contributed by atoms with Crippen LogP contribution < -0.4 is 10.6 Å². The molecule has 0 atom stereocenters. The van der Waals surface area contributed by atoms with Crippen molar-refractivity contribution in [3.05, 3.63) is 58.1 Å². The van der Waals surface area contributed by atoms with Crippen molar-refractivity contribution in [2.45, 2.75) is 24.9 Å². The highest BCUT2D eigenvalue weighted by Gasteiger charge is 2.40. The summed E-state index contributed by atoms with van der Waals surface area (Å²) in [6.07, 6.45) is 2.11. The number of aliphatic imine (C=N–C) groups is 1. The van der Waals surface area contributed by atoms with Gasteiger partial charge in [-0.1, -0.05) is 47.5 Å². The van der Waals surface area contributed by atoms with Gasteiger partial charge in [-0.05, 0) is 48.1 Å². The molecule has 0 aliphatic carbocycles. The van der Waals surface area contributed by atoms with Gasteiger partial charge in [0.1, 0.15) is 5.84 Å². The molecular formula is C19H19Cl2N3S. The Balaban J connectivity index is 1.68. The van der Waals surface area contributed by atoms with Crippen LogP contribution in [-0.2, 0) is 6.54 Å². The second-order valence-electron chi connectivity index (χ2n) is 6.37. The lowest BCUT2D eigenvalue weighted by atomic mass is 9.87. The largest absolute Gasteiger partial charge is 0.371 e. The second-order valence-corrected chi connectivity index (χ2v) is 8.38. The van der Waals surface area contributed by atoms with Crippen LogP contribution in [0.3, 0.4) is 0 Å². The number of anilines is 2. The molecule has 2 N–H and O–H groups in total. The zero-order chi connectivity index (χ0) is 17.3. The zero-order valence-electron chi connectivity index (χ0n) is 13.7. The van der Waals surface area contributed by atoms with Gasteiger partial charge >= 0.3 is 0 Å². The lowest BCUT2D eigenvalue weighted by Crippen LogP contribution is -2.54. The van der Waals surface area contributed by atoms with E-state index < -0.39 is 0 Å². The van der Waals surface area contributed by atoms with Gasteiger partial charge in [0.2, 0.25) is 0 Å². The van der Waals surface area contributed by atoms with Crippen molar-refractivity contribution in [1.29, 1.82) is 0 Å². The minimum absolute atomic E-state index is 0.120. The first-order chi connectivity index (χ1) is 12.2. The molecule has 0 radical (unpaired) electrons. The Bertz CT molecular complexity index is 816. The van der Waals surface area contributed by atoms with Gasteiger partial charge in [-0.2, -0.15) is 11.8 Å². The average Bonchev–Trinajstić information content (AvgIpc) is 2.64. The maximum Gasteiger partial charge on any atom is 0.127 e. The number of para-hydroxylation sites is 2. The van der Waals surface area contributed by atoms with Crippen LogP contribution in [0, 0.1) is 0 Å². The Morgan fingerprint density at radius 3 is 2.56 bits per heavy atom. The third kappa shape index (κ3) is 3.35. The minimum Gasteiger partial charge on any atom is -0.371 e. The third-order valence-electron chi connectivity index (χ3n) is 4.79.